The lowest BCUT2D eigenvalue weighted by Crippen LogP contribution is -2.30. The minimum Gasteiger partial charge on any atom is -0.331 e. The Morgan fingerprint density at radius 3 is 2.88 bits per heavy atom. The number of hydrogen-bond donors (Lipinski definition) is 0. The van der Waals surface area contributed by atoms with Gasteiger partial charge in [0.25, 0.3) is 0 Å². The third-order valence-corrected chi connectivity index (χ3v) is 5.48. The van der Waals surface area contributed by atoms with Gasteiger partial charge in [-0.15, -0.1) is 11.3 Å². The molecule has 0 atom stereocenters. The van der Waals surface area contributed by atoms with Gasteiger partial charge in [-0.25, -0.2) is 0 Å². The average molecular weight is 378 g/mol. The van der Waals surface area contributed by atoms with E-state index in [2.05, 4.69) is 25.0 Å². The van der Waals surface area contributed by atoms with E-state index in [1.54, 1.807) is 17.4 Å². The Balaban J connectivity index is 1.74. The molecule has 0 radical (unpaired) electrons. The fraction of sp³-hybridized carbons (Fsp3) is 0.474. The SMILES string of the molecule is Cc1nn(CC(C)C)c(Cl)c1/C=C/C(=O)N(Cc1cccs1)C1CC1. The quantitative estimate of drug-likeness (QED) is 0.652. The summed E-state index contributed by atoms with van der Waals surface area (Å²) in [7, 11) is 0. The molecule has 2 heterocycles. The zero-order valence-electron chi connectivity index (χ0n) is 14.9. The van der Waals surface area contributed by atoms with Crippen LogP contribution in [-0.4, -0.2) is 26.6 Å². The van der Waals surface area contributed by atoms with Gasteiger partial charge in [-0.1, -0.05) is 31.5 Å². The van der Waals surface area contributed by atoms with E-state index in [1.807, 2.05) is 34.0 Å². The van der Waals surface area contributed by atoms with Crippen LogP contribution in [-0.2, 0) is 17.9 Å². The van der Waals surface area contributed by atoms with Gasteiger partial charge in [0, 0.05) is 29.1 Å². The molecule has 0 aliphatic heterocycles. The molecule has 4 nitrogen and oxygen atoms in total. The van der Waals surface area contributed by atoms with E-state index in [1.165, 1.54) is 4.88 Å². The lowest BCUT2D eigenvalue weighted by Gasteiger charge is -2.19. The molecule has 0 aromatic carbocycles. The Labute approximate surface area is 158 Å². The zero-order chi connectivity index (χ0) is 18.0. The van der Waals surface area contributed by atoms with Crippen molar-refractivity contribution in [1.82, 2.24) is 14.7 Å². The lowest BCUT2D eigenvalue weighted by atomic mass is 10.2. The Morgan fingerprint density at radius 1 is 1.52 bits per heavy atom. The Kier molecular flexibility index (Phi) is 5.64. The van der Waals surface area contributed by atoms with E-state index in [-0.39, 0.29) is 5.91 Å². The summed E-state index contributed by atoms with van der Waals surface area (Å²) < 4.78 is 1.82. The summed E-state index contributed by atoms with van der Waals surface area (Å²) in [6, 6.07) is 4.48. The summed E-state index contributed by atoms with van der Waals surface area (Å²) in [6.07, 6.45) is 5.64. The summed E-state index contributed by atoms with van der Waals surface area (Å²) >= 11 is 8.14. The second kappa shape index (κ2) is 7.75. The van der Waals surface area contributed by atoms with Crippen LogP contribution in [0.5, 0.6) is 0 Å². The normalized spacial score (nSPS) is 14.6. The maximum absolute atomic E-state index is 12.7. The number of carbonyl (C=O) groups excluding carboxylic acids is 1. The number of amides is 1. The molecule has 2 aromatic rings. The molecule has 0 spiro atoms. The van der Waals surface area contributed by atoms with Crippen molar-refractivity contribution in [2.75, 3.05) is 0 Å². The molecule has 0 unspecified atom stereocenters. The molecular formula is C19H24ClN3OS. The first-order chi connectivity index (χ1) is 12.0. The standard InChI is InChI=1S/C19H24ClN3OS/c1-13(2)11-23-19(20)17(14(3)21-23)8-9-18(24)22(15-6-7-15)12-16-5-4-10-25-16/h4-5,8-10,13,15H,6-7,11-12H2,1-3H3/b9-8+. The summed E-state index contributed by atoms with van der Waals surface area (Å²) in [6.45, 7) is 7.64. The predicted molar refractivity (Wildman–Crippen MR) is 104 cm³/mol. The number of carbonyl (C=O) groups is 1. The number of nitrogens with zero attached hydrogens (tertiary/aromatic N) is 3. The van der Waals surface area contributed by atoms with Gasteiger partial charge in [-0.2, -0.15) is 5.10 Å². The zero-order valence-corrected chi connectivity index (χ0v) is 16.5. The fourth-order valence-electron chi connectivity index (χ4n) is 2.82. The second-order valence-electron chi connectivity index (χ2n) is 6.98. The van der Waals surface area contributed by atoms with E-state index in [0.717, 1.165) is 30.6 Å². The first kappa shape index (κ1) is 18.2. The largest absolute Gasteiger partial charge is 0.331 e. The molecule has 134 valence electrons. The van der Waals surface area contributed by atoms with Crippen LogP contribution in [0, 0.1) is 12.8 Å². The highest BCUT2D eigenvalue weighted by atomic mass is 35.5. The first-order valence-corrected chi connectivity index (χ1v) is 9.95. The molecule has 0 saturated heterocycles. The van der Waals surface area contributed by atoms with Crippen molar-refractivity contribution in [2.24, 2.45) is 5.92 Å². The Bertz CT molecular complexity index is 760. The minimum absolute atomic E-state index is 0.0444. The monoisotopic (exact) mass is 377 g/mol. The number of halogens is 1. The highest BCUT2D eigenvalue weighted by Crippen LogP contribution is 2.30. The van der Waals surface area contributed by atoms with Crippen LogP contribution in [0.25, 0.3) is 6.08 Å². The van der Waals surface area contributed by atoms with E-state index in [0.29, 0.717) is 23.7 Å². The molecule has 25 heavy (non-hydrogen) atoms. The third kappa shape index (κ3) is 4.53. The summed E-state index contributed by atoms with van der Waals surface area (Å²) in [5, 5.41) is 7.14. The van der Waals surface area contributed by atoms with E-state index >= 15 is 0 Å². The summed E-state index contributed by atoms with van der Waals surface area (Å²) in [5.41, 5.74) is 1.69. The molecule has 0 bridgehead atoms. The van der Waals surface area contributed by atoms with Crippen molar-refractivity contribution in [3.05, 3.63) is 44.9 Å². The minimum atomic E-state index is 0.0444. The fourth-order valence-corrected chi connectivity index (χ4v) is 3.83. The van der Waals surface area contributed by atoms with Crippen LogP contribution >= 0.6 is 22.9 Å². The average Bonchev–Trinajstić information content (AvgIpc) is 3.19. The highest BCUT2D eigenvalue weighted by Gasteiger charge is 2.31. The number of aryl methyl sites for hydroxylation is 1. The number of aromatic nitrogens is 2. The smallest absolute Gasteiger partial charge is 0.247 e. The van der Waals surface area contributed by atoms with Gasteiger partial charge in [-0.05, 0) is 43.2 Å². The van der Waals surface area contributed by atoms with Gasteiger partial charge in [0.05, 0.1) is 12.2 Å². The highest BCUT2D eigenvalue weighted by molar-refractivity contribution is 7.09. The molecule has 3 rings (SSSR count). The molecule has 1 aliphatic carbocycles. The number of hydrogen-bond acceptors (Lipinski definition) is 3. The lowest BCUT2D eigenvalue weighted by molar-refractivity contribution is -0.127. The van der Waals surface area contributed by atoms with Gasteiger partial charge in [0.1, 0.15) is 5.15 Å². The maximum Gasteiger partial charge on any atom is 0.247 e. The Hall–Kier alpha value is -1.59. The summed E-state index contributed by atoms with van der Waals surface area (Å²) in [4.78, 5) is 15.9. The summed E-state index contributed by atoms with van der Waals surface area (Å²) in [5.74, 6) is 0.509. The maximum atomic E-state index is 12.7. The van der Waals surface area contributed by atoms with Crippen molar-refractivity contribution in [3.8, 4) is 0 Å². The van der Waals surface area contributed by atoms with Gasteiger partial charge in [-0.3, -0.25) is 9.48 Å². The van der Waals surface area contributed by atoms with Crippen molar-refractivity contribution < 1.29 is 4.79 Å². The molecule has 1 amide bonds. The van der Waals surface area contributed by atoms with Crippen molar-refractivity contribution >= 4 is 34.9 Å². The molecule has 1 saturated carbocycles. The van der Waals surface area contributed by atoms with E-state index in [9.17, 15) is 4.79 Å². The van der Waals surface area contributed by atoms with Crippen LogP contribution in [0.15, 0.2) is 23.6 Å². The number of thiophene rings is 1. The van der Waals surface area contributed by atoms with Gasteiger partial charge < -0.3 is 4.90 Å². The molecule has 6 heteroatoms. The van der Waals surface area contributed by atoms with Crippen molar-refractivity contribution in [1.29, 1.82) is 0 Å². The van der Waals surface area contributed by atoms with Crippen LogP contribution in [0.2, 0.25) is 5.15 Å². The van der Waals surface area contributed by atoms with Crippen LogP contribution in [0.3, 0.4) is 0 Å². The van der Waals surface area contributed by atoms with E-state index in [4.69, 9.17) is 11.6 Å². The number of rotatable bonds is 7. The second-order valence-corrected chi connectivity index (χ2v) is 8.37. The third-order valence-electron chi connectivity index (χ3n) is 4.22. The van der Waals surface area contributed by atoms with Crippen molar-refractivity contribution in [2.45, 2.75) is 52.7 Å². The van der Waals surface area contributed by atoms with Gasteiger partial charge in [0.15, 0.2) is 0 Å². The van der Waals surface area contributed by atoms with Crippen molar-refractivity contribution in [3.63, 3.8) is 0 Å². The van der Waals surface area contributed by atoms with E-state index < -0.39 is 0 Å². The topological polar surface area (TPSA) is 38.1 Å². The molecule has 1 aliphatic rings. The van der Waals surface area contributed by atoms with Gasteiger partial charge >= 0.3 is 0 Å². The molecule has 1 fully saturated rings. The van der Waals surface area contributed by atoms with Crippen LogP contribution < -0.4 is 0 Å². The molecule has 0 N–H and O–H groups in total. The van der Waals surface area contributed by atoms with Crippen LogP contribution in [0.4, 0.5) is 0 Å². The molecule has 2 aromatic heterocycles. The first-order valence-electron chi connectivity index (χ1n) is 8.69. The van der Waals surface area contributed by atoms with Crippen LogP contribution in [0.1, 0.15) is 42.8 Å². The molecular weight excluding hydrogens is 354 g/mol. The van der Waals surface area contributed by atoms with Gasteiger partial charge in [0.2, 0.25) is 5.91 Å². The predicted octanol–water partition coefficient (Wildman–Crippen LogP) is 4.77. The Morgan fingerprint density at radius 2 is 2.28 bits per heavy atom.